The van der Waals surface area contributed by atoms with E-state index >= 15 is 0 Å². The number of aryl methyl sites for hydroxylation is 1. The molecule has 0 fully saturated rings. The van der Waals surface area contributed by atoms with Gasteiger partial charge in [-0.15, -0.1) is 0 Å². The second-order valence-electron chi connectivity index (χ2n) is 4.87. The lowest BCUT2D eigenvalue weighted by Gasteiger charge is -2.11. The minimum Gasteiger partial charge on any atom is -0.488 e. The predicted molar refractivity (Wildman–Crippen MR) is 74.6 cm³/mol. The Morgan fingerprint density at radius 1 is 1.55 bits per heavy atom. The van der Waals surface area contributed by atoms with Crippen LogP contribution in [0.2, 0.25) is 0 Å². The Bertz CT molecular complexity index is 606. The van der Waals surface area contributed by atoms with E-state index < -0.39 is 0 Å². The van der Waals surface area contributed by atoms with Crippen LogP contribution in [0.15, 0.2) is 24.3 Å². The molecule has 104 valence electrons. The lowest BCUT2D eigenvalue weighted by atomic mass is 10.1. The number of rotatable bonds is 3. The SMILES string of the molecule is Cc1[nH]nc(N)c1C(=O)NCC1Cc2ccccc2O1. The number of aromatic nitrogens is 2. The lowest BCUT2D eigenvalue weighted by molar-refractivity contribution is 0.0934. The molecule has 0 spiro atoms. The van der Waals surface area contributed by atoms with E-state index in [9.17, 15) is 4.79 Å². The van der Waals surface area contributed by atoms with Gasteiger partial charge in [-0.1, -0.05) is 18.2 Å². The highest BCUT2D eigenvalue weighted by Gasteiger charge is 2.24. The van der Waals surface area contributed by atoms with E-state index in [0.29, 0.717) is 17.8 Å². The molecule has 1 aromatic carbocycles. The van der Waals surface area contributed by atoms with Crippen molar-refractivity contribution in [2.45, 2.75) is 19.4 Å². The van der Waals surface area contributed by atoms with Crippen molar-refractivity contribution in [1.29, 1.82) is 0 Å². The van der Waals surface area contributed by atoms with Gasteiger partial charge in [0.25, 0.3) is 5.91 Å². The van der Waals surface area contributed by atoms with Crippen LogP contribution < -0.4 is 15.8 Å². The number of carbonyl (C=O) groups excluding carboxylic acids is 1. The number of nitrogens with one attached hydrogen (secondary N) is 2. The lowest BCUT2D eigenvalue weighted by Crippen LogP contribution is -2.34. The summed E-state index contributed by atoms with van der Waals surface area (Å²) in [5.74, 6) is 0.884. The molecule has 0 saturated carbocycles. The van der Waals surface area contributed by atoms with Crippen molar-refractivity contribution in [2.75, 3.05) is 12.3 Å². The minimum absolute atomic E-state index is 0.0372. The zero-order valence-electron chi connectivity index (χ0n) is 11.1. The maximum absolute atomic E-state index is 12.1. The normalized spacial score (nSPS) is 16.6. The number of ether oxygens (including phenoxy) is 1. The van der Waals surface area contributed by atoms with E-state index in [1.54, 1.807) is 6.92 Å². The summed E-state index contributed by atoms with van der Waals surface area (Å²) in [6.45, 7) is 2.21. The van der Waals surface area contributed by atoms with Crippen LogP contribution in [0.3, 0.4) is 0 Å². The van der Waals surface area contributed by atoms with E-state index in [2.05, 4.69) is 15.5 Å². The van der Waals surface area contributed by atoms with E-state index in [-0.39, 0.29) is 17.8 Å². The van der Waals surface area contributed by atoms with Crippen LogP contribution in [0.5, 0.6) is 5.75 Å². The fourth-order valence-corrected chi connectivity index (χ4v) is 2.40. The molecule has 6 heteroatoms. The number of aromatic amines is 1. The van der Waals surface area contributed by atoms with Crippen LogP contribution in [0.1, 0.15) is 21.6 Å². The summed E-state index contributed by atoms with van der Waals surface area (Å²) in [5.41, 5.74) is 7.90. The van der Waals surface area contributed by atoms with E-state index in [1.165, 1.54) is 5.56 Å². The monoisotopic (exact) mass is 272 g/mol. The molecule has 1 amide bonds. The zero-order valence-corrected chi connectivity index (χ0v) is 11.1. The van der Waals surface area contributed by atoms with Gasteiger partial charge in [-0.05, 0) is 18.6 Å². The maximum atomic E-state index is 12.1. The number of anilines is 1. The second-order valence-corrected chi connectivity index (χ2v) is 4.87. The Balaban J connectivity index is 1.61. The van der Waals surface area contributed by atoms with Crippen LogP contribution in [0.25, 0.3) is 0 Å². The number of hydrogen-bond acceptors (Lipinski definition) is 4. The van der Waals surface area contributed by atoms with E-state index in [4.69, 9.17) is 10.5 Å². The molecule has 0 saturated heterocycles. The fraction of sp³-hybridized carbons (Fsp3) is 0.286. The third-order valence-corrected chi connectivity index (χ3v) is 3.41. The standard InChI is InChI=1S/C14H16N4O2/c1-8-12(13(15)18-17-8)14(19)16-7-10-6-9-4-2-3-5-11(9)20-10/h2-5,10H,6-7H2,1H3,(H,16,19)(H3,15,17,18). The summed E-state index contributed by atoms with van der Waals surface area (Å²) >= 11 is 0. The molecule has 3 rings (SSSR count). The number of benzene rings is 1. The highest BCUT2D eigenvalue weighted by atomic mass is 16.5. The quantitative estimate of drug-likeness (QED) is 0.778. The average Bonchev–Trinajstić information content (AvgIpc) is 2.99. The molecule has 1 aromatic heterocycles. The Hall–Kier alpha value is -2.50. The van der Waals surface area contributed by atoms with Crippen LogP contribution in [0.4, 0.5) is 5.82 Å². The molecule has 20 heavy (non-hydrogen) atoms. The summed E-state index contributed by atoms with van der Waals surface area (Å²) in [6.07, 6.45) is 0.765. The first kappa shape index (κ1) is 12.5. The van der Waals surface area contributed by atoms with Crippen molar-refractivity contribution in [2.24, 2.45) is 0 Å². The largest absolute Gasteiger partial charge is 0.488 e. The first-order chi connectivity index (χ1) is 9.65. The van der Waals surface area contributed by atoms with Gasteiger partial charge in [0, 0.05) is 12.1 Å². The summed E-state index contributed by atoms with van der Waals surface area (Å²) in [6, 6.07) is 7.90. The number of carbonyl (C=O) groups is 1. The summed E-state index contributed by atoms with van der Waals surface area (Å²) in [5, 5.41) is 9.34. The fourth-order valence-electron chi connectivity index (χ4n) is 2.40. The zero-order chi connectivity index (χ0) is 14.1. The Morgan fingerprint density at radius 3 is 3.05 bits per heavy atom. The van der Waals surface area contributed by atoms with Crippen LogP contribution in [-0.2, 0) is 6.42 Å². The summed E-state index contributed by atoms with van der Waals surface area (Å²) < 4.78 is 5.77. The molecular weight excluding hydrogens is 256 g/mol. The van der Waals surface area contributed by atoms with Gasteiger partial charge in [0.2, 0.25) is 0 Å². The van der Waals surface area contributed by atoms with Gasteiger partial charge in [0.1, 0.15) is 17.4 Å². The number of nitrogens with two attached hydrogens (primary N) is 1. The third kappa shape index (κ3) is 2.20. The van der Waals surface area contributed by atoms with Gasteiger partial charge in [-0.3, -0.25) is 9.89 Å². The molecule has 1 unspecified atom stereocenters. The number of nitrogen functional groups attached to an aromatic ring is 1. The van der Waals surface area contributed by atoms with E-state index in [0.717, 1.165) is 12.2 Å². The highest BCUT2D eigenvalue weighted by molar-refractivity contribution is 5.99. The van der Waals surface area contributed by atoms with Gasteiger partial charge in [-0.2, -0.15) is 5.10 Å². The number of nitrogens with zero attached hydrogens (tertiary/aromatic N) is 1. The van der Waals surface area contributed by atoms with Crippen LogP contribution >= 0.6 is 0 Å². The first-order valence-corrected chi connectivity index (χ1v) is 6.48. The first-order valence-electron chi connectivity index (χ1n) is 6.48. The van der Waals surface area contributed by atoms with Crippen molar-refractivity contribution in [1.82, 2.24) is 15.5 Å². The predicted octanol–water partition coefficient (Wildman–Crippen LogP) is 1.03. The van der Waals surface area contributed by atoms with Gasteiger partial charge in [0.05, 0.1) is 6.54 Å². The van der Waals surface area contributed by atoms with Gasteiger partial charge >= 0.3 is 0 Å². The Morgan fingerprint density at radius 2 is 2.35 bits per heavy atom. The molecule has 2 heterocycles. The molecule has 0 bridgehead atoms. The van der Waals surface area contributed by atoms with Gasteiger partial charge in [0.15, 0.2) is 5.82 Å². The van der Waals surface area contributed by atoms with Crippen molar-refractivity contribution < 1.29 is 9.53 Å². The number of H-pyrrole nitrogens is 1. The van der Waals surface area contributed by atoms with Crippen molar-refractivity contribution in [3.63, 3.8) is 0 Å². The van der Waals surface area contributed by atoms with Crippen molar-refractivity contribution in [3.05, 3.63) is 41.1 Å². The average molecular weight is 272 g/mol. The molecule has 6 nitrogen and oxygen atoms in total. The smallest absolute Gasteiger partial charge is 0.257 e. The molecule has 2 aromatic rings. The number of hydrogen-bond donors (Lipinski definition) is 3. The van der Waals surface area contributed by atoms with Crippen molar-refractivity contribution in [3.8, 4) is 5.75 Å². The van der Waals surface area contributed by atoms with E-state index in [1.807, 2.05) is 24.3 Å². The molecule has 1 atom stereocenters. The number of fused-ring (bicyclic) bond motifs is 1. The Kier molecular flexibility index (Phi) is 3.06. The minimum atomic E-state index is -0.228. The molecule has 1 aliphatic rings. The second kappa shape index (κ2) is 4.88. The maximum Gasteiger partial charge on any atom is 0.257 e. The summed E-state index contributed by atoms with van der Waals surface area (Å²) in [4.78, 5) is 12.1. The molecule has 1 aliphatic heterocycles. The topological polar surface area (TPSA) is 93.0 Å². The van der Waals surface area contributed by atoms with Crippen LogP contribution in [0, 0.1) is 6.92 Å². The van der Waals surface area contributed by atoms with Gasteiger partial charge < -0.3 is 15.8 Å². The number of amides is 1. The van der Waals surface area contributed by atoms with Crippen molar-refractivity contribution >= 4 is 11.7 Å². The Labute approximate surface area is 116 Å². The molecule has 4 N–H and O–H groups in total. The van der Waals surface area contributed by atoms with Gasteiger partial charge in [-0.25, -0.2) is 0 Å². The molecule has 0 radical (unpaired) electrons. The third-order valence-electron chi connectivity index (χ3n) is 3.41. The number of para-hydroxylation sites is 1. The highest BCUT2D eigenvalue weighted by Crippen LogP contribution is 2.27. The molecular formula is C14H16N4O2. The summed E-state index contributed by atoms with van der Waals surface area (Å²) in [7, 11) is 0. The van der Waals surface area contributed by atoms with Crippen LogP contribution in [-0.4, -0.2) is 28.8 Å². The molecule has 0 aliphatic carbocycles.